The Kier molecular flexibility index (Phi) is 4.28. The summed E-state index contributed by atoms with van der Waals surface area (Å²) in [5.41, 5.74) is 2.76. The molecule has 1 aliphatic rings. The van der Waals surface area contributed by atoms with E-state index in [1.165, 1.54) is 28.9 Å². The molecule has 1 aromatic heterocycles. The molecule has 0 unspecified atom stereocenters. The zero-order valence-corrected chi connectivity index (χ0v) is 13.2. The van der Waals surface area contributed by atoms with Crippen molar-refractivity contribution in [2.75, 3.05) is 13.2 Å². The van der Waals surface area contributed by atoms with Gasteiger partial charge in [-0.25, -0.2) is 13.1 Å². The van der Waals surface area contributed by atoms with Crippen molar-refractivity contribution in [3.8, 4) is 5.75 Å². The highest BCUT2D eigenvalue weighted by Gasteiger charge is 2.14. The van der Waals surface area contributed by atoms with Gasteiger partial charge in [-0.1, -0.05) is 12.1 Å². The van der Waals surface area contributed by atoms with E-state index in [2.05, 4.69) is 16.9 Å². The van der Waals surface area contributed by atoms with E-state index >= 15 is 0 Å². The largest absolute Gasteiger partial charge is 0.492 e. The van der Waals surface area contributed by atoms with Gasteiger partial charge in [0.2, 0.25) is 10.0 Å². The van der Waals surface area contributed by atoms with Gasteiger partial charge in [-0.3, -0.25) is 0 Å². The van der Waals surface area contributed by atoms with Crippen LogP contribution < -0.4 is 9.46 Å². The molecule has 0 atom stereocenters. The van der Waals surface area contributed by atoms with E-state index < -0.39 is 10.0 Å². The Balaban J connectivity index is 1.51. The lowest BCUT2D eigenvalue weighted by molar-refractivity contribution is 0.322. The first-order valence-corrected chi connectivity index (χ1v) is 9.29. The molecule has 1 aliphatic carbocycles. The predicted molar refractivity (Wildman–Crippen MR) is 83.5 cm³/mol. The minimum atomic E-state index is -3.39. The van der Waals surface area contributed by atoms with E-state index in [9.17, 15) is 8.42 Å². The molecule has 0 aliphatic heterocycles. The molecule has 1 N–H and O–H groups in total. The summed E-state index contributed by atoms with van der Waals surface area (Å²) >= 11 is 1.21. The molecule has 0 radical (unpaired) electrons. The molecule has 0 fully saturated rings. The summed E-state index contributed by atoms with van der Waals surface area (Å²) < 4.78 is 32.3. The fraction of sp³-hybridized carbons (Fsp3) is 0.333. The van der Waals surface area contributed by atoms with Crippen molar-refractivity contribution in [1.29, 1.82) is 0 Å². The molecule has 3 rings (SSSR count). The summed E-state index contributed by atoms with van der Waals surface area (Å²) in [5, 5.41) is 1.75. The first kappa shape index (κ1) is 14.6. The Morgan fingerprint density at radius 3 is 2.86 bits per heavy atom. The van der Waals surface area contributed by atoms with Gasteiger partial charge in [-0.05, 0) is 54.0 Å². The van der Waals surface area contributed by atoms with Gasteiger partial charge >= 0.3 is 0 Å². The van der Waals surface area contributed by atoms with Crippen LogP contribution in [0.3, 0.4) is 0 Å². The van der Waals surface area contributed by atoms with Crippen LogP contribution in [0.5, 0.6) is 5.75 Å². The predicted octanol–water partition coefficient (Wildman–Crippen LogP) is 2.59. The molecule has 0 amide bonds. The van der Waals surface area contributed by atoms with Crippen molar-refractivity contribution in [2.45, 2.75) is 23.5 Å². The van der Waals surface area contributed by atoms with Gasteiger partial charge < -0.3 is 4.74 Å². The topological polar surface area (TPSA) is 55.4 Å². The fourth-order valence-electron chi connectivity index (χ4n) is 2.47. The summed E-state index contributed by atoms with van der Waals surface area (Å²) in [6.45, 7) is 0.584. The molecule has 0 spiro atoms. The van der Waals surface area contributed by atoms with E-state index in [0.717, 1.165) is 18.6 Å². The van der Waals surface area contributed by atoms with Gasteiger partial charge in [0.15, 0.2) is 0 Å². The van der Waals surface area contributed by atoms with Crippen molar-refractivity contribution < 1.29 is 13.2 Å². The molecular weight excluding hydrogens is 306 g/mol. The van der Waals surface area contributed by atoms with Gasteiger partial charge in [-0.2, -0.15) is 0 Å². The summed E-state index contributed by atoms with van der Waals surface area (Å²) in [5.74, 6) is 0.811. The second-order valence-electron chi connectivity index (χ2n) is 4.96. The number of fused-ring (bicyclic) bond motifs is 1. The van der Waals surface area contributed by atoms with Crippen LogP contribution in [0.25, 0.3) is 0 Å². The number of hydrogen-bond acceptors (Lipinski definition) is 4. The van der Waals surface area contributed by atoms with Gasteiger partial charge in [-0.15, -0.1) is 11.3 Å². The number of ether oxygens (including phenoxy) is 1. The zero-order valence-electron chi connectivity index (χ0n) is 11.5. The van der Waals surface area contributed by atoms with Crippen molar-refractivity contribution >= 4 is 21.4 Å². The van der Waals surface area contributed by atoms with Crippen LogP contribution in [0, 0.1) is 0 Å². The van der Waals surface area contributed by atoms with Gasteiger partial charge in [0.1, 0.15) is 16.6 Å². The molecular formula is C15H17NO3S2. The fourth-order valence-corrected chi connectivity index (χ4v) is 4.52. The van der Waals surface area contributed by atoms with E-state index in [1.807, 2.05) is 6.07 Å². The number of hydrogen-bond donors (Lipinski definition) is 1. The second-order valence-corrected chi connectivity index (χ2v) is 7.90. The van der Waals surface area contributed by atoms with Crippen molar-refractivity contribution in [1.82, 2.24) is 4.72 Å². The first-order chi connectivity index (χ1) is 10.1. The Morgan fingerprint density at radius 1 is 1.19 bits per heavy atom. The normalized spacial score (nSPS) is 14.1. The number of benzene rings is 1. The average molecular weight is 323 g/mol. The summed E-state index contributed by atoms with van der Waals surface area (Å²) in [6.07, 6.45) is 3.47. The van der Waals surface area contributed by atoms with Gasteiger partial charge in [0.05, 0.1) is 0 Å². The zero-order chi connectivity index (χ0) is 14.7. The molecule has 112 valence electrons. The second kappa shape index (κ2) is 6.17. The highest BCUT2D eigenvalue weighted by molar-refractivity contribution is 7.91. The van der Waals surface area contributed by atoms with E-state index in [-0.39, 0.29) is 6.54 Å². The van der Waals surface area contributed by atoms with E-state index in [1.54, 1.807) is 17.5 Å². The SMILES string of the molecule is O=S(=O)(NCCOc1ccc2c(c1)CCC2)c1cccs1. The molecule has 21 heavy (non-hydrogen) atoms. The standard InChI is InChI=1S/C15H17NO3S2/c17-21(18,15-5-2-10-20-15)16-8-9-19-14-7-6-12-3-1-4-13(12)11-14/h2,5-7,10-11,16H,1,3-4,8-9H2. The van der Waals surface area contributed by atoms with Crippen LogP contribution in [0.15, 0.2) is 39.9 Å². The first-order valence-electron chi connectivity index (χ1n) is 6.93. The van der Waals surface area contributed by atoms with E-state index in [0.29, 0.717) is 10.8 Å². The summed E-state index contributed by atoms with van der Waals surface area (Å²) in [6, 6.07) is 9.44. The minimum absolute atomic E-state index is 0.261. The quantitative estimate of drug-likeness (QED) is 0.831. The van der Waals surface area contributed by atoms with Crippen molar-refractivity contribution in [3.05, 3.63) is 46.8 Å². The highest BCUT2D eigenvalue weighted by Crippen LogP contribution is 2.25. The van der Waals surface area contributed by atoms with Crippen molar-refractivity contribution in [3.63, 3.8) is 0 Å². The molecule has 0 bridgehead atoms. The third-order valence-corrected chi connectivity index (χ3v) is 6.35. The number of thiophene rings is 1. The minimum Gasteiger partial charge on any atom is -0.492 e. The molecule has 4 nitrogen and oxygen atoms in total. The number of nitrogens with one attached hydrogen (secondary N) is 1. The molecule has 1 aromatic carbocycles. The van der Waals surface area contributed by atoms with Crippen LogP contribution >= 0.6 is 11.3 Å². The van der Waals surface area contributed by atoms with Crippen LogP contribution in [-0.4, -0.2) is 21.6 Å². The Bertz CT molecular complexity index is 709. The maximum absolute atomic E-state index is 11.9. The van der Waals surface area contributed by atoms with Crippen LogP contribution in [-0.2, 0) is 22.9 Å². The van der Waals surface area contributed by atoms with Crippen LogP contribution in [0.4, 0.5) is 0 Å². The molecule has 0 saturated carbocycles. The summed E-state index contributed by atoms with van der Waals surface area (Å²) in [7, 11) is -3.39. The maximum Gasteiger partial charge on any atom is 0.250 e. The van der Waals surface area contributed by atoms with Gasteiger partial charge in [0, 0.05) is 6.54 Å². The Morgan fingerprint density at radius 2 is 2.05 bits per heavy atom. The third kappa shape index (κ3) is 3.45. The highest BCUT2D eigenvalue weighted by atomic mass is 32.2. The molecule has 2 aromatic rings. The van der Waals surface area contributed by atoms with Crippen LogP contribution in [0.1, 0.15) is 17.5 Å². The third-order valence-electron chi connectivity index (χ3n) is 3.49. The van der Waals surface area contributed by atoms with E-state index in [4.69, 9.17) is 4.74 Å². The lowest BCUT2D eigenvalue weighted by Gasteiger charge is -2.09. The smallest absolute Gasteiger partial charge is 0.250 e. The number of rotatable bonds is 6. The molecule has 6 heteroatoms. The number of aryl methyl sites for hydroxylation is 2. The molecule has 0 saturated heterocycles. The summed E-state index contributed by atoms with van der Waals surface area (Å²) in [4.78, 5) is 0. The average Bonchev–Trinajstić information content (AvgIpc) is 3.14. The lowest BCUT2D eigenvalue weighted by Crippen LogP contribution is -2.27. The van der Waals surface area contributed by atoms with Crippen LogP contribution in [0.2, 0.25) is 0 Å². The van der Waals surface area contributed by atoms with Gasteiger partial charge in [0.25, 0.3) is 0 Å². The Labute approximate surface area is 128 Å². The van der Waals surface area contributed by atoms with Crippen molar-refractivity contribution in [2.24, 2.45) is 0 Å². The monoisotopic (exact) mass is 323 g/mol. The maximum atomic E-state index is 11.9. The number of sulfonamides is 1. The Hall–Kier alpha value is -1.37. The molecule has 1 heterocycles. The lowest BCUT2D eigenvalue weighted by atomic mass is 10.1.